The van der Waals surface area contributed by atoms with Crippen molar-refractivity contribution in [3.05, 3.63) is 60.2 Å². The summed E-state index contributed by atoms with van der Waals surface area (Å²) in [6, 6.07) is 17.1. The Morgan fingerprint density at radius 3 is 1.85 bits per heavy atom. The van der Waals surface area contributed by atoms with E-state index in [0.717, 1.165) is 11.5 Å². The number of rotatable bonds is 6. The molecule has 0 fully saturated rings. The smallest absolute Gasteiger partial charge is 0.414 e. The highest BCUT2D eigenvalue weighted by molar-refractivity contribution is 6.27. The van der Waals surface area contributed by atoms with E-state index in [2.05, 4.69) is 5.32 Å². The van der Waals surface area contributed by atoms with Crippen LogP contribution in [0.25, 0.3) is 0 Å². The Hall–Kier alpha value is -3.19. The predicted octanol–water partition coefficient (Wildman–Crippen LogP) is 2.82. The van der Waals surface area contributed by atoms with Crippen molar-refractivity contribution in [2.24, 2.45) is 0 Å². The van der Waals surface area contributed by atoms with Crippen molar-refractivity contribution in [3.63, 3.8) is 0 Å². The van der Waals surface area contributed by atoms with Crippen molar-refractivity contribution in [2.45, 2.75) is 19.9 Å². The lowest BCUT2D eigenvalue weighted by Crippen LogP contribution is -2.29. The van der Waals surface area contributed by atoms with Gasteiger partial charge >= 0.3 is 11.9 Å². The summed E-state index contributed by atoms with van der Waals surface area (Å²) >= 11 is 0. The van der Waals surface area contributed by atoms with Gasteiger partial charge in [0.05, 0.1) is 6.54 Å². The highest BCUT2D eigenvalue weighted by Crippen LogP contribution is 2.21. The third kappa shape index (κ3) is 8.07. The molecular formula is C19H21NO6. The van der Waals surface area contributed by atoms with Crippen LogP contribution in [-0.4, -0.2) is 40.5 Å². The maximum Gasteiger partial charge on any atom is 0.414 e. The first-order chi connectivity index (χ1) is 12.3. The van der Waals surface area contributed by atoms with Crippen LogP contribution in [0.15, 0.2) is 54.6 Å². The largest absolute Gasteiger partial charge is 0.473 e. The van der Waals surface area contributed by atoms with Gasteiger partial charge in [-0.3, -0.25) is 4.79 Å². The number of carbonyl (C=O) groups is 3. The molecule has 138 valence electrons. The summed E-state index contributed by atoms with van der Waals surface area (Å²) in [5.41, 5.74) is 0.693. The van der Waals surface area contributed by atoms with Gasteiger partial charge < -0.3 is 20.3 Å². The fraction of sp³-hybridized carbons (Fsp3) is 0.211. The molecule has 0 aromatic heterocycles. The molecule has 2 rings (SSSR count). The van der Waals surface area contributed by atoms with Crippen LogP contribution in [0.5, 0.6) is 11.5 Å². The number of ether oxygens (including phenoxy) is 1. The first-order valence-electron chi connectivity index (χ1n) is 7.85. The van der Waals surface area contributed by atoms with Gasteiger partial charge in [-0.25, -0.2) is 9.59 Å². The molecule has 2 aromatic carbocycles. The van der Waals surface area contributed by atoms with Crippen LogP contribution in [0.3, 0.4) is 0 Å². The normalized spacial score (nSPS) is 9.81. The minimum atomic E-state index is -1.82. The van der Waals surface area contributed by atoms with Gasteiger partial charge in [0.25, 0.3) is 0 Å². The zero-order chi connectivity index (χ0) is 19.5. The molecule has 0 spiro atoms. The summed E-state index contributed by atoms with van der Waals surface area (Å²) in [7, 11) is 0. The Labute approximate surface area is 151 Å². The fourth-order valence-corrected chi connectivity index (χ4v) is 1.73. The van der Waals surface area contributed by atoms with E-state index in [1.54, 1.807) is 12.1 Å². The molecule has 0 heterocycles. The Balaban J connectivity index is 0.000000487. The van der Waals surface area contributed by atoms with E-state index in [-0.39, 0.29) is 5.78 Å². The number of benzene rings is 2. The molecule has 0 atom stereocenters. The highest BCUT2D eigenvalue weighted by Gasteiger charge is 2.06. The Morgan fingerprint density at radius 2 is 1.38 bits per heavy atom. The summed E-state index contributed by atoms with van der Waals surface area (Å²) in [5, 5.41) is 17.9. The number of para-hydroxylation sites is 1. The summed E-state index contributed by atoms with van der Waals surface area (Å²) in [5.74, 6) is -2.05. The molecule has 2 aromatic rings. The molecule has 3 N–H and O–H groups in total. The molecule has 0 saturated carbocycles. The van der Waals surface area contributed by atoms with E-state index >= 15 is 0 Å². The average Bonchev–Trinajstić information content (AvgIpc) is 2.61. The Morgan fingerprint density at radius 1 is 0.885 bits per heavy atom. The van der Waals surface area contributed by atoms with E-state index in [1.165, 1.54) is 0 Å². The molecule has 0 aliphatic rings. The van der Waals surface area contributed by atoms with Crippen molar-refractivity contribution in [3.8, 4) is 11.5 Å². The number of aliphatic carboxylic acids is 2. The number of Topliss-reactive ketones (excluding diaryl/α,β-unsaturated/α-hetero) is 1. The van der Waals surface area contributed by atoms with Gasteiger partial charge in [-0.05, 0) is 36.4 Å². The monoisotopic (exact) mass is 359 g/mol. The minimum absolute atomic E-state index is 0.0879. The second kappa shape index (κ2) is 10.6. The molecule has 26 heavy (non-hydrogen) atoms. The van der Waals surface area contributed by atoms with Crippen molar-refractivity contribution in [1.82, 2.24) is 5.32 Å². The predicted molar refractivity (Wildman–Crippen MR) is 95.7 cm³/mol. The summed E-state index contributed by atoms with van der Waals surface area (Å²) in [4.78, 5) is 30.1. The first kappa shape index (κ1) is 20.9. The number of ketones is 1. The summed E-state index contributed by atoms with van der Waals surface area (Å²) in [6.45, 7) is 4.39. The molecule has 0 amide bonds. The van der Waals surface area contributed by atoms with Crippen molar-refractivity contribution in [2.75, 3.05) is 6.54 Å². The maximum absolute atomic E-state index is 11.9. The van der Waals surface area contributed by atoms with Gasteiger partial charge in [0.2, 0.25) is 0 Å². The first-order valence-corrected chi connectivity index (χ1v) is 7.85. The van der Waals surface area contributed by atoms with Crippen molar-refractivity contribution < 1.29 is 29.3 Å². The average molecular weight is 359 g/mol. The minimum Gasteiger partial charge on any atom is -0.473 e. The second-order valence-corrected chi connectivity index (χ2v) is 5.51. The number of hydrogen-bond acceptors (Lipinski definition) is 5. The van der Waals surface area contributed by atoms with Crippen LogP contribution in [-0.2, 0) is 9.59 Å². The molecule has 0 aliphatic carbocycles. The lowest BCUT2D eigenvalue weighted by molar-refractivity contribution is -0.159. The Bertz CT molecular complexity index is 713. The van der Waals surface area contributed by atoms with E-state index in [0.29, 0.717) is 18.2 Å². The van der Waals surface area contributed by atoms with Crippen LogP contribution in [0.4, 0.5) is 0 Å². The lowest BCUT2D eigenvalue weighted by atomic mass is 10.1. The van der Waals surface area contributed by atoms with E-state index in [1.807, 2.05) is 56.3 Å². The second-order valence-electron chi connectivity index (χ2n) is 5.51. The molecule has 7 nitrogen and oxygen atoms in total. The number of hydrogen-bond donors (Lipinski definition) is 3. The van der Waals surface area contributed by atoms with Gasteiger partial charge in [-0.15, -0.1) is 0 Å². The van der Waals surface area contributed by atoms with Crippen LogP contribution in [0.1, 0.15) is 24.2 Å². The van der Waals surface area contributed by atoms with E-state index in [4.69, 9.17) is 24.5 Å². The lowest BCUT2D eigenvalue weighted by Gasteiger charge is -2.08. The molecule has 0 saturated heterocycles. The van der Waals surface area contributed by atoms with Crippen LogP contribution in [0, 0.1) is 0 Å². The molecule has 0 bridgehead atoms. The SMILES string of the molecule is CC(C)NCC(=O)c1ccc(Oc2ccccc2)cc1.O=C(O)C(=O)O. The van der Waals surface area contributed by atoms with Crippen molar-refractivity contribution >= 4 is 17.7 Å². The zero-order valence-electron chi connectivity index (χ0n) is 14.5. The highest BCUT2D eigenvalue weighted by atomic mass is 16.5. The van der Waals surface area contributed by atoms with Crippen LogP contribution in [0.2, 0.25) is 0 Å². The molecule has 0 radical (unpaired) electrons. The van der Waals surface area contributed by atoms with Gasteiger partial charge in [0.1, 0.15) is 11.5 Å². The topological polar surface area (TPSA) is 113 Å². The summed E-state index contributed by atoms with van der Waals surface area (Å²) < 4.78 is 5.68. The molecule has 7 heteroatoms. The van der Waals surface area contributed by atoms with Gasteiger partial charge in [0, 0.05) is 11.6 Å². The standard InChI is InChI=1S/C17H19NO2.C2H2O4/c1-13(2)18-12-17(19)14-8-10-16(11-9-14)20-15-6-4-3-5-7-15;3-1(4)2(5)6/h3-11,13,18H,12H2,1-2H3;(H,3,4)(H,5,6). The molecule has 0 aliphatic heterocycles. The van der Waals surface area contributed by atoms with Crippen LogP contribution < -0.4 is 10.1 Å². The van der Waals surface area contributed by atoms with Gasteiger partial charge in [-0.1, -0.05) is 32.0 Å². The zero-order valence-corrected chi connectivity index (χ0v) is 14.5. The van der Waals surface area contributed by atoms with E-state index < -0.39 is 11.9 Å². The van der Waals surface area contributed by atoms with Crippen molar-refractivity contribution in [1.29, 1.82) is 0 Å². The molecule has 0 unspecified atom stereocenters. The van der Waals surface area contributed by atoms with Gasteiger partial charge in [0.15, 0.2) is 5.78 Å². The summed E-state index contributed by atoms with van der Waals surface area (Å²) in [6.07, 6.45) is 0. The number of carbonyl (C=O) groups excluding carboxylic acids is 1. The number of carboxylic acids is 2. The fourth-order valence-electron chi connectivity index (χ4n) is 1.73. The van der Waals surface area contributed by atoms with Gasteiger partial charge in [-0.2, -0.15) is 0 Å². The Kier molecular flexibility index (Phi) is 8.52. The maximum atomic E-state index is 11.9. The third-order valence-electron chi connectivity index (χ3n) is 3.01. The third-order valence-corrected chi connectivity index (χ3v) is 3.01. The van der Waals surface area contributed by atoms with E-state index in [9.17, 15) is 4.79 Å². The molecular weight excluding hydrogens is 338 g/mol. The number of carboxylic acid groups (broad SMARTS) is 2. The quantitative estimate of drug-likeness (QED) is 0.537. The van der Waals surface area contributed by atoms with Crippen LogP contribution >= 0.6 is 0 Å². The number of nitrogens with one attached hydrogen (secondary N) is 1.